The van der Waals surface area contributed by atoms with Gasteiger partial charge in [0.1, 0.15) is 11.1 Å². The van der Waals surface area contributed by atoms with Gasteiger partial charge in [0.15, 0.2) is 5.82 Å². The maximum absolute atomic E-state index is 12.4. The van der Waals surface area contributed by atoms with Crippen molar-refractivity contribution in [2.45, 2.75) is 44.5 Å². The molecule has 0 bridgehead atoms. The Kier molecular flexibility index (Phi) is 4.74. The van der Waals surface area contributed by atoms with Gasteiger partial charge >= 0.3 is 6.36 Å². The van der Waals surface area contributed by atoms with Gasteiger partial charge in [0.25, 0.3) is 5.56 Å². The van der Waals surface area contributed by atoms with Crippen molar-refractivity contribution >= 4 is 22.4 Å². The lowest BCUT2D eigenvalue weighted by molar-refractivity contribution is -0.274. The lowest BCUT2D eigenvalue weighted by atomic mass is 9.95. The predicted octanol–water partition coefficient (Wildman–Crippen LogP) is 4.87. The van der Waals surface area contributed by atoms with E-state index in [1.807, 2.05) is 10.7 Å². The fourth-order valence-electron chi connectivity index (χ4n) is 3.67. The van der Waals surface area contributed by atoms with E-state index in [-0.39, 0.29) is 17.4 Å². The standard InChI is InChI=1S/C19H19F3N4O2/c20-19(21,22)28-14-8-6-12(7-9-14)24-17-16-15(10-11-23-18(16)27)26(25-17)13-4-2-1-3-5-13/h6-11,13H,1-5H2,(H,23,27)(H,24,25). The molecular weight excluding hydrogens is 373 g/mol. The maximum atomic E-state index is 12.4. The molecule has 9 heteroatoms. The molecule has 0 amide bonds. The van der Waals surface area contributed by atoms with E-state index in [1.54, 1.807) is 6.20 Å². The van der Waals surface area contributed by atoms with Gasteiger partial charge in [-0.3, -0.25) is 9.48 Å². The Morgan fingerprint density at radius 1 is 1.11 bits per heavy atom. The number of nitrogens with one attached hydrogen (secondary N) is 2. The number of halogens is 3. The van der Waals surface area contributed by atoms with Crippen LogP contribution in [-0.2, 0) is 0 Å². The van der Waals surface area contributed by atoms with Gasteiger partial charge in [0.05, 0.1) is 11.6 Å². The fourth-order valence-corrected chi connectivity index (χ4v) is 3.67. The summed E-state index contributed by atoms with van der Waals surface area (Å²) in [5.41, 5.74) is 0.988. The minimum Gasteiger partial charge on any atom is -0.406 e. The molecule has 3 aromatic rings. The summed E-state index contributed by atoms with van der Waals surface area (Å²) in [5, 5.41) is 8.11. The fraction of sp³-hybridized carbons (Fsp3) is 0.368. The van der Waals surface area contributed by atoms with E-state index in [9.17, 15) is 18.0 Å². The molecule has 1 aliphatic rings. The number of alkyl halides is 3. The highest BCUT2D eigenvalue weighted by Crippen LogP contribution is 2.33. The Bertz CT molecular complexity index is 1020. The maximum Gasteiger partial charge on any atom is 0.573 e. The number of pyridine rings is 1. The van der Waals surface area contributed by atoms with Crippen molar-refractivity contribution < 1.29 is 17.9 Å². The van der Waals surface area contributed by atoms with Gasteiger partial charge < -0.3 is 15.0 Å². The van der Waals surface area contributed by atoms with Crippen LogP contribution in [0.1, 0.15) is 38.1 Å². The first-order valence-corrected chi connectivity index (χ1v) is 9.13. The van der Waals surface area contributed by atoms with E-state index < -0.39 is 6.36 Å². The number of hydrogen-bond acceptors (Lipinski definition) is 4. The van der Waals surface area contributed by atoms with Gasteiger partial charge in [0.2, 0.25) is 0 Å². The van der Waals surface area contributed by atoms with Crippen LogP contribution in [0.25, 0.3) is 10.9 Å². The second-order valence-corrected chi connectivity index (χ2v) is 6.85. The highest BCUT2D eigenvalue weighted by atomic mass is 19.4. The molecule has 28 heavy (non-hydrogen) atoms. The summed E-state index contributed by atoms with van der Waals surface area (Å²) >= 11 is 0. The van der Waals surface area contributed by atoms with Crippen LogP contribution in [0.5, 0.6) is 5.75 Å². The highest BCUT2D eigenvalue weighted by molar-refractivity contribution is 5.91. The van der Waals surface area contributed by atoms with Crippen LogP contribution in [0.3, 0.4) is 0 Å². The van der Waals surface area contributed by atoms with Crippen LogP contribution in [0.4, 0.5) is 24.7 Å². The van der Waals surface area contributed by atoms with Crippen LogP contribution in [-0.4, -0.2) is 21.1 Å². The molecule has 0 radical (unpaired) electrons. The normalized spacial score (nSPS) is 15.7. The zero-order valence-corrected chi connectivity index (χ0v) is 14.9. The van der Waals surface area contributed by atoms with E-state index in [0.29, 0.717) is 16.9 Å². The largest absolute Gasteiger partial charge is 0.573 e. The number of ether oxygens (including phenoxy) is 1. The minimum absolute atomic E-state index is 0.233. The molecule has 0 aliphatic heterocycles. The number of benzene rings is 1. The first-order valence-electron chi connectivity index (χ1n) is 9.13. The van der Waals surface area contributed by atoms with Crippen molar-refractivity contribution in [3.05, 3.63) is 46.9 Å². The molecule has 6 nitrogen and oxygen atoms in total. The third-order valence-corrected chi connectivity index (χ3v) is 4.90. The molecular formula is C19H19F3N4O2. The average molecular weight is 392 g/mol. The molecule has 2 aromatic heterocycles. The van der Waals surface area contributed by atoms with Crippen molar-refractivity contribution in [1.82, 2.24) is 14.8 Å². The molecule has 2 heterocycles. The molecule has 0 unspecified atom stereocenters. The first kappa shape index (κ1) is 18.4. The Labute approximate surface area is 158 Å². The predicted molar refractivity (Wildman–Crippen MR) is 98.9 cm³/mol. The number of aromatic amines is 1. The number of hydrogen-bond donors (Lipinski definition) is 2. The Morgan fingerprint density at radius 2 is 1.82 bits per heavy atom. The number of H-pyrrole nitrogens is 1. The molecule has 1 aliphatic carbocycles. The quantitative estimate of drug-likeness (QED) is 0.664. The van der Waals surface area contributed by atoms with E-state index in [1.165, 1.54) is 30.7 Å². The topological polar surface area (TPSA) is 71.9 Å². The molecule has 0 spiro atoms. The van der Waals surface area contributed by atoms with Crippen LogP contribution in [0.15, 0.2) is 41.3 Å². The molecule has 148 valence electrons. The van der Waals surface area contributed by atoms with Gasteiger partial charge in [-0.05, 0) is 43.2 Å². The Morgan fingerprint density at radius 3 is 2.50 bits per heavy atom. The van der Waals surface area contributed by atoms with Crippen LogP contribution in [0, 0.1) is 0 Å². The van der Waals surface area contributed by atoms with Crippen LogP contribution < -0.4 is 15.6 Å². The van der Waals surface area contributed by atoms with Gasteiger partial charge in [-0.15, -0.1) is 13.2 Å². The summed E-state index contributed by atoms with van der Waals surface area (Å²) in [6, 6.07) is 7.37. The van der Waals surface area contributed by atoms with Gasteiger partial charge in [0, 0.05) is 11.9 Å². The smallest absolute Gasteiger partial charge is 0.406 e. The summed E-state index contributed by atoms with van der Waals surface area (Å²) in [4.78, 5) is 15.1. The molecule has 2 N–H and O–H groups in total. The van der Waals surface area contributed by atoms with Gasteiger partial charge in [-0.25, -0.2) is 0 Å². The first-order chi connectivity index (χ1) is 13.4. The number of fused-ring (bicyclic) bond motifs is 1. The second kappa shape index (κ2) is 7.21. The van der Waals surface area contributed by atoms with Gasteiger partial charge in [-0.1, -0.05) is 19.3 Å². The minimum atomic E-state index is -4.74. The number of anilines is 2. The molecule has 0 saturated heterocycles. The summed E-state index contributed by atoms with van der Waals surface area (Å²) in [6.45, 7) is 0. The summed E-state index contributed by atoms with van der Waals surface area (Å²) in [7, 11) is 0. The van der Waals surface area contributed by atoms with Crippen molar-refractivity contribution in [2.24, 2.45) is 0 Å². The summed E-state index contributed by atoms with van der Waals surface area (Å²) in [5.74, 6) is 0.0698. The van der Waals surface area contributed by atoms with Crippen molar-refractivity contribution in [1.29, 1.82) is 0 Å². The number of nitrogens with zero attached hydrogens (tertiary/aromatic N) is 2. The van der Waals surface area contributed by atoms with E-state index in [4.69, 9.17) is 0 Å². The summed E-state index contributed by atoms with van der Waals surface area (Å²) in [6.07, 6.45) is 2.32. The third kappa shape index (κ3) is 3.83. The summed E-state index contributed by atoms with van der Waals surface area (Å²) < 4.78 is 42.7. The van der Waals surface area contributed by atoms with Crippen LogP contribution in [0.2, 0.25) is 0 Å². The molecule has 4 rings (SSSR count). The molecule has 1 saturated carbocycles. The zero-order valence-electron chi connectivity index (χ0n) is 14.9. The van der Waals surface area contributed by atoms with Crippen molar-refractivity contribution in [3.63, 3.8) is 0 Å². The monoisotopic (exact) mass is 392 g/mol. The number of aromatic nitrogens is 3. The Balaban J connectivity index is 1.66. The van der Waals surface area contributed by atoms with E-state index in [0.717, 1.165) is 31.2 Å². The highest BCUT2D eigenvalue weighted by Gasteiger charge is 2.31. The SMILES string of the molecule is O=c1[nH]ccc2c1c(Nc1ccc(OC(F)(F)F)cc1)nn2C1CCCCC1. The Hall–Kier alpha value is -2.97. The third-order valence-electron chi connectivity index (χ3n) is 4.90. The van der Waals surface area contributed by atoms with Gasteiger partial charge in [-0.2, -0.15) is 5.10 Å². The zero-order chi connectivity index (χ0) is 19.7. The second-order valence-electron chi connectivity index (χ2n) is 6.85. The lowest BCUT2D eigenvalue weighted by Crippen LogP contribution is -2.17. The lowest BCUT2D eigenvalue weighted by Gasteiger charge is -2.22. The molecule has 1 aromatic carbocycles. The molecule has 0 atom stereocenters. The average Bonchev–Trinajstić information content (AvgIpc) is 3.03. The van der Waals surface area contributed by atoms with E-state index in [2.05, 4.69) is 20.1 Å². The van der Waals surface area contributed by atoms with Crippen molar-refractivity contribution in [3.8, 4) is 5.75 Å². The molecule has 1 fully saturated rings. The van der Waals surface area contributed by atoms with Crippen LogP contribution >= 0.6 is 0 Å². The number of rotatable bonds is 4. The van der Waals surface area contributed by atoms with Crippen molar-refractivity contribution in [2.75, 3.05) is 5.32 Å². The van der Waals surface area contributed by atoms with E-state index >= 15 is 0 Å².